The van der Waals surface area contributed by atoms with Gasteiger partial charge in [0.05, 0.1) is 5.41 Å². The van der Waals surface area contributed by atoms with Crippen LogP contribution in [0.2, 0.25) is 0 Å². The van der Waals surface area contributed by atoms with E-state index in [-0.39, 0.29) is 0 Å². The second-order valence-corrected chi connectivity index (χ2v) is 12.7. The van der Waals surface area contributed by atoms with Crippen LogP contribution >= 0.6 is 23.1 Å². The van der Waals surface area contributed by atoms with E-state index in [1.807, 2.05) is 23.1 Å². The number of hydrogen-bond acceptors (Lipinski definition) is 3. The van der Waals surface area contributed by atoms with Gasteiger partial charge in [-0.3, -0.25) is 0 Å². The van der Waals surface area contributed by atoms with Crippen molar-refractivity contribution in [3.63, 3.8) is 0 Å². The van der Waals surface area contributed by atoms with E-state index in [1.54, 1.807) is 0 Å². The zero-order valence-electron chi connectivity index (χ0n) is 21.5. The zero-order chi connectivity index (χ0) is 26.3. The molecule has 2 aliphatic rings. The first-order valence-electron chi connectivity index (χ1n) is 13.6. The van der Waals surface area contributed by atoms with Gasteiger partial charge >= 0.3 is 0 Å². The van der Waals surface area contributed by atoms with Crippen molar-refractivity contribution < 1.29 is 0 Å². The van der Waals surface area contributed by atoms with Gasteiger partial charge in [0.2, 0.25) is 0 Å². The quantitative estimate of drug-likeness (QED) is 0.232. The molecule has 1 aliphatic heterocycles. The third kappa shape index (κ3) is 2.89. The molecule has 188 valence electrons. The zero-order valence-corrected chi connectivity index (χ0v) is 23.2. The first-order chi connectivity index (χ1) is 19.8. The SMILES string of the molecule is c1ccc2c(c1)Sc1ccccc1C21c2ccccc2-c2cccc(Nc3cccc4sc5ccccc5c34)c21. The summed E-state index contributed by atoms with van der Waals surface area (Å²) in [5, 5.41) is 6.60. The molecule has 0 bridgehead atoms. The van der Waals surface area contributed by atoms with E-state index in [9.17, 15) is 0 Å². The van der Waals surface area contributed by atoms with Crippen LogP contribution < -0.4 is 5.32 Å². The Morgan fingerprint density at radius 2 is 1.07 bits per heavy atom. The Hall–Kier alpha value is -4.31. The fourth-order valence-electron chi connectivity index (χ4n) is 7.04. The molecule has 0 saturated heterocycles. The summed E-state index contributed by atoms with van der Waals surface area (Å²) in [4.78, 5) is 2.65. The molecule has 9 rings (SSSR count). The summed E-state index contributed by atoms with van der Waals surface area (Å²) in [6.07, 6.45) is 0. The van der Waals surface area contributed by atoms with Gasteiger partial charge in [-0.2, -0.15) is 0 Å². The molecule has 7 aromatic rings. The van der Waals surface area contributed by atoms with E-state index in [0.29, 0.717) is 0 Å². The van der Waals surface area contributed by atoms with Gasteiger partial charge in [0.1, 0.15) is 0 Å². The molecule has 1 aliphatic carbocycles. The highest BCUT2D eigenvalue weighted by Crippen LogP contribution is 2.63. The molecule has 3 heteroatoms. The van der Waals surface area contributed by atoms with Crippen LogP contribution in [0.1, 0.15) is 22.3 Å². The van der Waals surface area contributed by atoms with Crippen molar-refractivity contribution >= 4 is 54.6 Å². The Labute approximate surface area is 241 Å². The summed E-state index contributed by atoms with van der Waals surface area (Å²) in [5.74, 6) is 0. The molecular weight excluding hydrogens is 523 g/mol. The average molecular weight is 546 g/mol. The van der Waals surface area contributed by atoms with Crippen molar-refractivity contribution in [2.75, 3.05) is 5.32 Å². The van der Waals surface area contributed by atoms with Gasteiger partial charge in [0.15, 0.2) is 0 Å². The molecule has 0 saturated carbocycles. The van der Waals surface area contributed by atoms with Crippen LogP contribution in [0, 0.1) is 0 Å². The lowest BCUT2D eigenvalue weighted by atomic mass is 9.67. The van der Waals surface area contributed by atoms with Gasteiger partial charge in [0.25, 0.3) is 0 Å². The van der Waals surface area contributed by atoms with Gasteiger partial charge < -0.3 is 5.32 Å². The second-order valence-electron chi connectivity index (χ2n) is 10.5. The average Bonchev–Trinajstić information content (AvgIpc) is 3.53. The van der Waals surface area contributed by atoms with E-state index in [1.165, 1.54) is 63.3 Å². The summed E-state index contributed by atoms with van der Waals surface area (Å²) in [5.41, 5.74) is 9.95. The minimum absolute atomic E-state index is 0.404. The van der Waals surface area contributed by atoms with Gasteiger partial charge in [-0.05, 0) is 64.2 Å². The monoisotopic (exact) mass is 545 g/mol. The molecule has 0 unspecified atom stereocenters. The third-order valence-electron chi connectivity index (χ3n) is 8.53. The second kappa shape index (κ2) is 8.34. The first-order valence-corrected chi connectivity index (χ1v) is 15.2. The minimum atomic E-state index is -0.404. The molecule has 0 fully saturated rings. The predicted octanol–water partition coefficient (Wildman–Crippen LogP) is 10.6. The van der Waals surface area contributed by atoms with E-state index in [0.717, 1.165) is 11.4 Å². The maximum absolute atomic E-state index is 3.99. The van der Waals surface area contributed by atoms with Crippen LogP contribution in [-0.2, 0) is 5.41 Å². The smallest absolute Gasteiger partial charge is 0.0755 e. The topological polar surface area (TPSA) is 12.0 Å². The number of rotatable bonds is 2. The Balaban J connectivity index is 1.38. The predicted molar refractivity (Wildman–Crippen MR) is 170 cm³/mol. The Morgan fingerprint density at radius 1 is 0.475 bits per heavy atom. The summed E-state index contributed by atoms with van der Waals surface area (Å²) in [6, 6.07) is 49.2. The molecule has 0 amide bonds. The number of benzene rings is 6. The fraction of sp³-hybridized carbons (Fsp3) is 0.0270. The van der Waals surface area contributed by atoms with Crippen LogP contribution in [0.15, 0.2) is 143 Å². The molecular formula is C37H23NS2. The Morgan fingerprint density at radius 3 is 1.90 bits per heavy atom. The van der Waals surface area contributed by atoms with Crippen molar-refractivity contribution in [1.29, 1.82) is 0 Å². The first kappa shape index (κ1) is 22.5. The maximum Gasteiger partial charge on any atom is 0.0755 e. The van der Waals surface area contributed by atoms with Crippen LogP contribution in [0.3, 0.4) is 0 Å². The van der Waals surface area contributed by atoms with E-state index in [2.05, 4.69) is 139 Å². The highest BCUT2D eigenvalue weighted by atomic mass is 32.2. The van der Waals surface area contributed by atoms with Gasteiger partial charge in [-0.15, -0.1) is 11.3 Å². The molecule has 0 radical (unpaired) electrons. The number of thiophene rings is 1. The Bertz CT molecular complexity index is 2090. The molecule has 2 heterocycles. The van der Waals surface area contributed by atoms with Gasteiger partial charge in [0, 0.05) is 46.9 Å². The summed E-state index contributed by atoms with van der Waals surface area (Å²) >= 11 is 3.75. The standard InChI is InChI=1S/C37H23NS2/c1-3-14-26-23(11-1)24-13-9-18-30(38-29-17-10-22-34-35(29)25-12-2-6-19-31(25)39-34)36(24)37(26)27-15-4-7-20-32(27)40-33-21-8-5-16-28(33)37/h1-22,38H. The third-order valence-corrected chi connectivity index (χ3v) is 10.8. The lowest BCUT2D eigenvalue weighted by molar-refractivity contribution is 0.724. The van der Waals surface area contributed by atoms with E-state index in [4.69, 9.17) is 0 Å². The number of nitrogens with one attached hydrogen (secondary N) is 1. The molecule has 40 heavy (non-hydrogen) atoms. The van der Waals surface area contributed by atoms with Crippen LogP contribution in [0.5, 0.6) is 0 Å². The number of fused-ring (bicyclic) bond motifs is 12. The van der Waals surface area contributed by atoms with Crippen molar-refractivity contribution in [2.45, 2.75) is 15.2 Å². The summed E-state index contributed by atoms with van der Waals surface area (Å²) < 4.78 is 2.63. The van der Waals surface area contributed by atoms with Crippen molar-refractivity contribution in [3.8, 4) is 11.1 Å². The van der Waals surface area contributed by atoms with Gasteiger partial charge in [-0.25, -0.2) is 0 Å². The highest BCUT2D eigenvalue weighted by Gasteiger charge is 2.51. The summed E-state index contributed by atoms with van der Waals surface area (Å²) in [6.45, 7) is 0. The minimum Gasteiger partial charge on any atom is -0.355 e. The number of anilines is 2. The van der Waals surface area contributed by atoms with Crippen molar-refractivity contribution in [2.24, 2.45) is 0 Å². The molecule has 1 N–H and O–H groups in total. The summed E-state index contributed by atoms with van der Waals surface area (Å²) in [7, 11) is 0. The maximum atomic E-state index is 3.99. The lowest BCUT2D eigenvalue weighted by Crippen LogP contribution is -2.32. The number of hydrogen-bond donors (Lipinski definition) is 1. The normalized spacial score (nSPS) is 14.1. The highest BCUT2D eigenvalue weighted by molar-refractivity contribution is 7.99. The van der Waals surface area contributed by atoms with Gasteiger partial charge in [-0.1, -0.05) is 109 Å². The van der Waals surface area contributed by atoms with E-state index >= 15 is 0 Å². The van der Waals surface area contributed by atoms with Crippen molar-refractivity contribution in [3.05, 3.63) is 156 Å². The van der Waals surface area contributed by atoms with Crippen LogP contribution in [0.25, 0.3) is 31.3 Å². The van der Waals surface area contributed by atoms with E-state index < -0.39 is 5.41 Å². The Kier molecular flexibility index (Phi) is 4.69. The molecule has 1 nitrogen and oxygen atoms in total. The lowest BCUT2D eigenvalue weighted by Gasteiger charge is -2.40. The van der Waals surface area contributed by atoms with Crippen LogP contribution in [0.4, 0.5) is 11.4 Å². The molecule has 1 aromatic heterocycles. The van der Waals surface area contributed by atoms with Crippen molar-refractivity contribution in [1.82, 2.24) is 0 Å². The molecule has 6 aromatic carbocycles. The van der Waals surface area contributed by atoms with Crippen LogP contribution in [-0.4, -0.2) is 0 Å². The fourth-order valence-corrected chi connectivity index (χ4v) is 9.37. The molecule has 1 spiro atoms. The molecule has 0 atom stereocenters. The largest absolute Gasteiger partial charge is 0.355 e.